The number of benzene rings is 1. The lowest BCUT2D eigenvalue weighted by Gasteiger charge is -2.12. The topological polar surface area (TPSA) is 29.5 Å². The first-order chi connectivity index (χ1) is 7.15. The van der Waals surface area contributed by atoms with Crippen LogP contribution < -0.4 is 4.74 Å². The summed E-state index contributed by atoms with van der Waals surface area (Å²) < 4.78 is 18.3. The molecule has 15 heavy (non-hydrogen) atoms. The van der Waals surface area contributed by atoms with E-state index < -0.39 is 6.10 Å². The van der Waals surface area contributed by atoms with E-state index in [4.69, 9.17) is 4.74 Å². The van der Waals surface area contributed by atoms with Crippen LogP contribution in [0.1, 0.15) is 25.5 Å². The molecule has 1 unspecified atom stereocenters. The summed E-state index contributed by atoms with van der Waals surface area (Å²) in [5.41, 5.74) is 0.598. The molecule has 0 aliphatic carbocycles. The van der Waals surface area contributed by atoms with Gasteiger partial charge in [0.15, 0.2) is 0 Å². The van der Waals surface area contributed by atoms with Gasteiger partial charge in [0.05, 0.1) is 6.10 Å². The van der Waals surface area contributed by atoms with Gasteiger partial charge in [0.2, 0.25) is 0 Å². The predicted molar refractivity (Wildman–Crippen MR) is 57.3 cm³/mol. The first-order valence-electron chi connectivity index (χ1n) is 4.86. The van der Waals surface area contributed by atoms with Crippen LogP contribution in [0.5, 0.6) is 5.75 Å². The smallest absolute Gasteiger partial charge is 0.128 e. The largest absolute Gasteiger partial charge is 0.489 e. The summed E-state index contributed by atoms with van der Waals surface area (Å²) in [6, 6.07) is 4.13. The zero-order valence-corrected chi connectivity index (χ0v) is 8.90. The highest BCUT2D eigenvalue weighted by molar-refractivity contribution is 5.35. The van der Waals surface area contributed by atoms with E-state index in [-0.39, 0.29) is 5.82 Å². The van der Waals surface area contributed by atoms with Crippen molar-refractivity contribution in [3.63, 3.8) is 0 Å². The molecule has 0 saturated heterocycles. The fourth-order valence-electron chi connectivity index (χ4n) is 1.21. The van der Waals surface area contributed by atoms with Crippen molar-refractivity contribution >= 4 is 0 Å². The Morgan fingerprint density at radius 2 is 2.27 bits per heavy atom. The van der Waals surface area contributed by atoms with E-state index in [0.29, 0.717) is 17.9 Å². The Hall–Kier alpha value is -1.35. The third-order valence-corrected chi connectivity index (χ3v) is 2.00. The maximum atomic E-state index is 12.9. The molecular weight excluding hydrogens is 195 g/mol. The lowest BCUT2D eigenvalue weighted by Crippen LogP contribution is -2.01. The van der Waals surface area contributed by atoms with Crippen molar-refractivity contribution in [3.05, 3.63) is 41.7 Å². The van der Waals surface area contributed by atoms with Gasteiger partial charge in [-0.3, -0.25) is 0 Å². The molecule has 3 heteroatoms. The fourth-order valence-corrected chi connectivity index (χ4v) is 1.21. The molecule has 0 bridgehead atoms. The van der Waals surface area contributed by atoms with Crippen LogP contribution in [-0.4, -0.2) is 11.7 Å². The van der Waals surface area contributed by atoms with Gasteiger partial charge in [0.25, 0.3) is 0 Å². The van der Waals surface area contributed by atoms with Crippen molar-refractivity contribution in [2.24, 2.45) is 0 Å². The molecule has 82 valence electrons. The number of hydrogen-bond acceptors (Lipinski definition) is 2. The fraction of sp³-hybridized carbons (Fsp3) is 0.333. The zero-order chi connectivity index (χ0) is 11.3. The van der Waals surface area contributed by atoms with Crippen LogP contribution in [-0.2, 0) is 0 Å². The van der Waals surface area contributed by atoms with Gasteiger partial charge in [-0.2, -0.15) is 0 Å². The van der Waals surface area contributed by atoms with Crippen LogP contribution in [0.15, 0.2) is 30.4 Å². The second-order valence-corrected chi connectivity index (χ2v) is 3.24. The Bertz CT molecular complexity index is 345. The van der Waals surface area contributed by atoms with Gasteiger partial charge in [0, 0.05) is 11.6 Å². The predicted octanol–water partition coefficient (Wildman–Crippen LogP) is 2.83. The summed E-state index contributed by atoms with van der Waals surface area (Å²) >= 11 is 0. The van der Waals surface area contributed by atoms with E-state index >= 15 is 0 Å². The summed E-state index contributed by atoms with van der Waals surface area (Å²) in [5.74, 6) is 0.0259. The number of ether oxygens (including phenoxy) is 1. The second-order valence-electron chi connectivity index (χ2n) is 3.24. The third-order valence-electron chi connectivity index (χ3n) is 2.00. The average Bonchev–Trinajstić information content (AvgIpc) is 2.18. The van der Waals surface area contributed by atoms with Crippen LogP contribution >= 0.6 is 0 Å². The SMILES string of the molecule is CC=CCOc1cc(F)ccc1C(C)O. The number of rotatable bonds is 4. The monoisotopic (exact) mass is 210 g/mol. The number of aliphatic hydroxyl groups is 1. The molecule has 0 aromatic heterocycles. The van der Waals surface area contributed by atoms with E-state index in [1.54, 1.807) is 6.92 Å². The van der Waals surface area contributed by atoms with Gasteiger partial charge in [-0.25, -0.2) is 4.39 Å². The van der Waals surface area contributed by atoms with Gasteiger partial charge < -0.3 is 9.84 Å². The number of aliphatic hydroxyl groups excluding tert-OH is 1. The Balaban J connectivity index is 2.86. The molecule has 0 radical (unpaired) electrons. The van der Waals surface area contributed by atoms with Crippen molar-refractivity contribution in [2.75, 3.05) is 6.61 Å². The summed E-state index contributed by atoms with van der Waals surface area (Å²) in [7, 11) is 0. The minimum Gasteiger partial charge on any atom is -0.489 e. The summed E-state index contributed by atoms with van der Waals surface area (Å²) in [6.45, 7) is 3.87. The van der Waals surface area contributed by atoms with Crippen molar-refractivity contribution in [3.8, 4) is 5.75 Å². The van der Waals surface area contributed by atoms with Crippen LogP contribution in [0.2, 0.25) is 0 Å². The molecule has 0 fully saturated rings. The molecule has 0 saturated carbocycles. The molecule has 1 atom stereocenters. The highest BCUT2D eigenvalue weighted by Crippen LogP contribution is 2.25. The van der Waals surface area contributed by atoms with Crippen LogP contribution in [0.4, 0.5) is 4.39 Å². The van der Waals surface area contributed by atoms with E-state index in [1.807, 2.05) is 19.1 Å². The van der Waals surface area contributed by atoms with E-state index in [1.165, 1.54) is 18.2 Å². The molecule has 1 aromatic carbocycles. The van der Waals surface area contributed by atoms with Crippen LogP contribution in [0.25, 0.3) is 0 Å². The van der Waals surface area contributed by atoms with E-state index in [2.05, 4.69) is 0 Å². The summed E-state index contributed by atoms with van der Waals surface area (Å²) in [6.07, 6.45) is 3.00. The molecule has 0 heterocycles. The van der Waals surface area contributed by atoms with Gasteiger partial charge in [-0.15, -0.1) is 0 Å². The maximum Gasteiger partial charge on any atom is 0.128 e. The van der Waals surface area contributed by atoms with Crippen molar-refractivity contribution in [2.45, 2.75) is 20.0 Å². The zero-order valence-electron chi connectivity index (χ0n) is 8.90. The minimum absolute atomic E-state index is 0.366. The summed E-state index contributed by atoms with van der Waals surface area (Å²) in [4.78, 5) is 0. The molecule has 0 amide bonds. The van der Waals surface area contributed by atoms with Gasteiger partial charge in [-0.1, -0.05) is 12.2 Å². The highest BCUT2D eigenvalue weighted by atomic mass is 19.1. The van der Waals surface area contributed by atoms with Gasteiger partial charge >= 0.3 is 0 Å². The van der Waals surface area contributed by atoms with Crippen LogP contribution in [0, 0.1) is 5.82 Å². The van der Waals surface area contributed by atoms with Crippen molar-refractivity contribution in [1.82, 2.24) is 0 Å². The lowest BCUT2D eigenvalue weighted by atomic mass is 10.1. The molecule has 0 aliphatic heterocycles. The second kappa shape index (κ2) is 5.51. The standard InChI is InChI=1S/C12H15FO2/c1-3-4-7-15-12-8-10(13)5-6-11(12)9(2)14/h3-6,8-9,14H,7H2,1-2H3. The number of hydrogen-bond donors (Lipinski definition) is 1. The molecule has 1 aromatic rings. The lowest BCUT2D eigenvalue weighted by molar-refractivity contribution is 0.192. The number of halogens is 1. The Labute approximate surface area is 89.0 Å². The van der Waals surface area contributed by atoms with Crippen molar-refractivity contribution < 1.29 is 14.2 Å². The average molecular weight is 210 g/mol. The molecule has 1 rings (SSSR count). The van der Waals surface area contributed by atoms with Gasteiger partial charge in [0.1, 0.15) is 18.2 Å². The quantitative estimate of drug-likeness (QED) is 0.774. The highest BCUT2D eigenvalue weighted by Gasteiger charge is 2.09. The molecular formula is C12H15FO2. The molecule has 2 nitrogen and oxygen atoms in total. The van der Waals surface area contributed by atoms with E-state index in [0.717, 1.165) is 0 Å². The third kappa shape index (κ3) is 3.36. The van der Waals surface area contributed by atoms with Crippen LogP contribution in [0.3, 0.4) is 0 Å². The Morgan fingerprint density at radius 3 is 2.87 bits per heavy atom. The summed E-state index contributed by atoms with van der Waals surface area (Å²) in [5, 5.41) is 9.43. The molecule has 0 aliphatic rings. The Morgan fingerprint density at radius 1 is 1.53 bits per heavy atom. The van der Waals surface area contributed by atoms with E-state index in [9.17, 15) is 9.50 Å². The maximum absolute atomic E-state index is 12.9. The van der Waals surface area contributed by atoms with Crippen molar-refractivity contribution in [1.29, 1.82) is 0 Å². The first-order valence-corrected chi connectivity index (χ1v) is 4.86. The molecule has 1 N–H and O–H groups in total. The Kier molecular flexibility index (Phi) is 4.31. The number of allylic oxidation sites excluding steroid dienone is 1. The van der Waals surface area contributed by atoms with Gasteiger partial charge in [-0.05, 0) is 26.0 Å². The first kappa shape index (κ1) is 11.7. The minimum atomic E-state index is -0.661. The normalized spacial score (nSPS) is 13.1. The molecule has 0 spiro atoms.